The van der Waals surface area contributed by atoms with E-state index in [1.807, 2.05) is 19.2 Å². The first-order chi connectivity index (χ1) is 9.10. The summed E-state index contributed by atoms with van der Waals surface area (Å²) in [6.07, 6.45) is 4.00. The first-order valence-corrected chi connectivity index (χ1v) is 6.54. The number of nitrogens with one attached hydrogen (secondary N) is 1. The summed E-state index contributed by atoms with van der Waals surface area (Å²) in [5.74, 6) is 0.502. The Morgan fingerprint density at radius 3 is 2.74 bits per heavy atom. The molecule has 1 atom stereocenters. The van der Waals surface area contributed by atoms with Crippen molar-refractivity contribution >= 4 is 29.0 Å². The van der Waals surface area contributed by atoms with Gasteiger partial charge in [-0.25, -0.2) is 4.98 Å². The van der Waals surface area contributed by atoms with Crippen LogP contribution in [0.3, 0.4) is 0 Å². The van der Waals surface area contributed by atoms with Crippen LogP contribution < -0.4 is 11.1 Å². The minimum Gasteiger partial charge on any atom is -0.384 e. The fourth-order valence-electron chi connectivity index (χ4n) is 1.87. The Balaban J connectivity index is 2.25. The molecule has 2 rings (SSSR count). The number of pyridine rings is 2. The molecule has 1 unspecified atom stereocenters. The van der Waals surface area contributed by atoms with Crippen molar-refractivity contribution in [3.63, 3.8) is 0 Å². The molecular formula is C13H14Cl2N4. The quantitative estimate of drug-likeness (QED) is 0.911. The smallest absolute Gasteiger partial charge is 0.123 e. The lowest BCUT2D eigenvalue weighted by Gasteiger charge is -2.17. The van der Waals surface area contributed by atoms with Crippen LogP contribution in [-0.4, -0.2) is 17.0 Å². The Labute approximate surface area is 122 Å². The highest BCUT2D eigenvalue weighted by molar-refractivity contribution is 6.34. The molecule has 0 bridgehead atoms. The molecule has 19 heavy (non-hydrogen) atoms. The van der Waals surface area contributed by atoms with Crippen LogP contribution >= 0.6 is 23.2 Å². The predicted octanol–water partition coefficient (Wildman–Crippen LogP) is 2.87. The van der Waals surface area contributed by atoms with Gasteiger partial charge >= 0.3 is 0 Å². The standard InChI is InChI=1S/C13H14Cl2N4/c1-17-11(4-8-2-3-18-12(16)5-8)13-10(15)6-9(14)7-19-13/h2-3,5-7,11,17H,4H2,1H3,(H2,16,18). The summed E-state index contributed by atoms with van der Waals surface area (Å²) < 4.78 is 0. The number of rotatable bonds is 4. The van der Waals surface area contributed by atoms with Gasteiger partial charge in [-0.3, -0.25) is 4.98 Å². The van der Waals surface area contributed by atoms with Gasteiger partial charge in [0.15, 0.2) is 0 Å². The molecule has 0 spiro atoms. The second-order valence-electron chi connectivity index (χ2n) is 4.15. The van der Waals surface area contributed by atoms with E-state index in [0.717, 1.165) is 17.7 Å². The van der Waals surface area contributed by atoms with Gasteiger partial charge < -0.3 is 11.1 Å². The van der Waals surface area contributed by atoms with Gasteiger partial charge in [-0.1, -0.05) is 23.2 Å². The van der Waals surface area contributed by atoms with Crippen molar-refractivity contribution in [1.82, 2.24) is 15.3 Å². The number of hydrogen-bond acceptors (Lipinski definition) is 4. The number of nitrogens with two attached hydrogens (primary N) is 1. The number of hydrogen-bond donors (Lipinski definition) is 2. The highest BCUT2D eigenvalue weighted by Crippen LogP contribution is 2.26. The van der Waals surface area contributed by atoms with Crippen molar-refractivity contribution in [3.8, 4) is 0 Å². The third-order valence-electron chi connectivity index (χ3n) is 2.80. The van der Waals surface area contributed by atoms with Gasteiger partial charge in [0.1, 0.15) is 5.82 Å². The molecule has 4 nitrogen and oxygen atoms in total. The molecule has 2 heterocycles. The normalized spacial score (nSPS) is 12.4. The number of halogens is 2. The Morgan fingerprint density at radius 2 is 2.11 bits per heavy atom. The van der Waals surface area contributed by atoms with Crippen molar-refractivity contribution in [2.75, 3.05) is 12.8 Å². The molecule has 0 fully saturated rings. The first kappa shape index (κ1) is 14.1. The summed E-state index contributed by atoms with van der Waals surface area (Å²) in [5.41, 5.74) is 7.51. The van der Waals surface area contributed by atoms with Crippen molar-refractivity contribution in [3.05, 3.63) is 51.9 Å². The molecule has 0 radical (unpaired) electrons. The van der Waals surface area contributed by atoms with E-state index < -0.39 is 0 Å². The summed E-state index contributed by atoms with van der Waals surface area (Å²) >= 11 is 12.0. The third kappa shape index (κ3) is 3.56. The Morgan fingerprint density at radius 1 is 1.32 bits per heavy atom. The summed E-state index contributed by atoms with van der Waals surface area (Å²) in [4.78, 5) is 8.27. The van der Waals surface area contributed by atoms with Gasteiger partial charge in [0.2, 0.25) is 0 Å². The highest BCUT2D eigenvalue weighted by Gasteiger charge is 2.15. The molecule has 0 aromatic carbocycles. The Kier molecular flexibility index (Phi) is 4.58. The number of anilines is 1. The van der Waals surface area contributed by atoms with Crippen molar-refractivity contribution in [2.24, 2.45) is 0 Å². The molecule has 0 aliphatic rings. The van der Waals surface area contributed by atoms with E-state index in [1.54, 1.807) is 18.5 Å². The average Bonchev–Trinajstić information content (AvgIpc) is 2.37. The molecule has 0 saturated carbocycles. The number of aromatic nitrogens is 2. The zero-order valence-electron chi connectivity index (χ0n) is 10.4. The maximum atomic E-state index is 6.18. The molecule has 0 aliphatic heterocycles. The van der Waals surface area contributed by atoms with Gasteiger partial charge in [0.05, 0.1) is 21.8 Å². The van der Waals surface area contributed by atoms with Crippen LogP contribution in [0, 0.1) is 0 Å². The van der Waals surface area contributed by atoms with Gasteiger partial charge in [-0.2, -0.15) is 0 Å². The van der Waals surface area contributed by atoms with Crippen LogP contribution in [0.4, 0.5) is 5.82 Å². The SMILES string of the molecule is CNC(Cc1ccnc(N)c1)c1ncc(Cl)cc1Cl. The van der Waals surface area contributed by atoms with E-state index >= 15 is 0 Å². The summed E-state index contributed by atoms with van der Waals surface area (Å²) in [6, 6.07) is 5.45. The van der Waals surface area contributed by atoms with Crippen LogP contribution in [0.2, 0.25) is 10.0 Å². The topological polar surface area (TPSA) is 63.8 Å². The zero-order valence-corrected chi connectivity index (χ0v) is 11.9. The molecule has 0 saturated heterocycles. The van der Waals surface area contributed by atoms with Gasteiger partial charge in [0.25, 0.3) is 0 Å². The van der Waals surface area contributed by atoms with Crippen LogP contribution in [0.25, 0.3) is 0 Å². The molecule has 3 N–H and O–H groups in total. The summed E-state index contributed by atoms with van der Waals surface area (Å²) in [6.45, 7) is 0. The fourth-order valence-corrected chi connectivity index (χ4v) is 2.39. The lowest BCUT2D eigenvalue weighted by atomic mass is 10.0. The maximum Gasteiger partial charge on any atom is 0.123 e. The summed E-state index contributed by atoms with van der Waals surface area (Å²) in [5, 5.41) is 4.27. The molecule has 100 valence electrons. The van der Waals surface area contributed by atoms with Gasteiger partial charge in [0, 0.05) is 12.4 Å². The maximum absolute atomic E-state index is 6.18. The van der Waals surface area contributed by atoms with Crippen molar-refractivity contribution < 1.29 is 0 Å². The monoisotopic (exact) mass is 296 g/mol. The predicted molar refractivity (Wildman–Crippen MR) is 78.4 cm³/mol. The molecule has 2 aromatic rings. The van der Waals surface area contributed by atoms with Gasteiger partial charge in [-0.05, 0) is 37.2 Å². The van der Waals surface area contributed by atoms with E-state index in [2.05, 4.69) is 15.3 Å². The number of nitrogen functional groups attached to an aromatic ring is 1. The lowest BCUT2D eigenvalue weighted by molar-refractivity contribution is 0.576. The minimum atomic E-state index is -0.00781. The Bertz CT molecular complexity index is 574. The van der Waals surface area contributed by atoms with Crippen molar-refractivity contribution in [2.45, 2.75) is 12.5 Å². The lowest BCUT2D eigenvalue weighted by Crippen LogP contribution is -2.20. The van der Waals surface area contributed by atoms with E-state index in [1.165, 1.54) is 0 Å². The number of nitrogens with zero attached hydrogens (tertiary/aromatic N) is 2. The second kappa shape index (κ2) is 6.19. The van der Waals surface area contributed by atoms with E-state index in [-0.39, 0.29) is 6.04 Å². The van der Waals surface area contributed by atoms with Crippen LogP contribution in [0.1, 0.15) is 17.3 Å². The molecule has 2 aromatic heterocycles. The minimum absolute atomic E-state index is 0.00781. The van der Waals surface area contributed by atoms with Crippen LogP contribution in [0.5, 0.6) is 0 Å². The van der Waals surface area contributed by atoms with Crippen LogP contribution in [-0.2, 0) is 6.42 Å². The van der Waals surface area contributed by atoms with Crippen LogP contribution in [0.15, 0.2) is 30.6 Å². The third-order valence-corrected chi connectivity index (χ3v) is 3.31. The molecular weight excluding hydrogens is 283 g/mol. The van der Waals surface area contributed by atoms with E-state index in [0.29, 0.717) is 15.9 Å². The highest BCUT2D eigenvalue weighted by atomic mass is 35.5. The summed E-state index contributed by atoms with van der Waals surface area (Å²) in [7, 11) is 1.86. The molecule has 0 amide bonds. The number of likely N-dealkylation sites (N-methyl/N-ethyl adjacent to an activating group) is 1. The van der Waals surface area contributed by atoms with Crippen molar-refractivity contribution in [1.29, 1.82) is 0 Å². The first-order valence-electron chi connectivity index (χ1n) is 5.78. The molecule has 6 heteroatoms. The fraction of sp³-hybridized carbons (Fsp3) is 0.231. The van der Waals surface area contributed by atoms with E-state index in [9.17, 15) is 0 Å². The molecule has 0 aliphatic carbocycles. The van der Waals surface area contributed by atoms with Gasteiger partial charge in [-0.15, -0.1) is 0 Å². The average molecular weight is 297 g/mol. The Hall–Kier alpha value is -1.36. The zero-order chi connectivity index (χ0) is 13.8. The van der Waals surface area contributed by atoms with E-state index in [4.69, 9.17) is 28.9 Å². The second-order valence-corrected chi connectivity index (χ2v) is 5.00. The largest absolute Gasteiger partial charge is 0.384 e.